The van der Waals surface area contributed by atoms with Crippen molar-refractivity contribution in [2.45, 2.75) is 27.3 Å². The molecule has 0 aliphatic carbocycles. The van der Waals surface area contributed by atoms with Crippen LogP contribution in [-0.4, -0.2) is 40.3 Å². The third-order valence-electron chi connectivity index (χ3n) is 3.76. The molecule has 1 rings (SSSR count). The van der Waals surface area contributed by atoms with Crippen molar-refractivity contribution in [3.8, 4) is 0 Å². The Hall–Kier alpha value is 0.380. The van der Waals surface area contributed by atoms with Gasteiger partial charge < -0.3 is 9.80 Å². The summed E-state index contributed by atoms with van der Waals surface area (Å²) in [5.41, 5.74) is 3.97. The van der Waals surface area contributed by atoms with E-state index in [1.54, 1.807) is 4.90 Å². The summed E-state index contributed by atoms with van der Waals surface area (Å²) in [4.78, 5) is 5.53. The van der Waals surface area contributed by atoms with Crippen molar-refractivity contribution >= 4 is 122 Å². The van der Waals surface area contributed by atoms with E-state index in [0.29, 0.717) is 37.0 Å². The molecule has 11 heteroatoms. The summed E-state index contributed by atoms with van der Waals surface area (Å²) in [7, 11) is 0. The van der Waals surface area contributed by atoms with E-state index >= 15 is 0 Å². The molecule has 0 saturated carbocycles. The fourth-order valence-electron chi connectivity index (χ4n) is 2.65. The van der Waals surface area contributed by atoms with Crippen molar-refractivity contribution < 1.29 is 0 Å². The minimum absolute atomic E-state index is 0.329. The Kier molecular flexibility index (Phi) is 10.9. The molecule has 0 atom stereocenters. The Morgan fingerprint density at radius 3 is 1.78 bits per heavy atom. The summed E-state index contributed by atoms with van der Waals surface area (Å²) < 4.78 is 1.61. The van der Waals surface area contributed by atoms with Gasteiger partial charge in [-0.3, -0.25) is 4.90 Å². The molecule has 0 bridgehead atoms. The fraction of sp³-hybridized carbons (Fsp3) is 0.375. The molecule has 3 nitrogen and oxygen atoms in total. The van der Waals surface area contributed by atoms with Crippen LogP contribution < -0.4 is 4.90 Å². The molecule has 0 amide bonds. The summed E-state index contributed by atoms with van der Waals surface area (Å²) in [6.45, 7) is 7.72. The first-order chi connectivity index (χ1) is 12.5. The molecule has 0 saturated heterocycles. The van der Waals surface area contributed by atoms with Crippen molar-refractivity contribution in [1.82, 2.24) is 9.80 Å². The Labute approximate surface area is 204 Å². The van der Waals surface area contributed by atoms with Crippen molar-refractivity contribution in [3.63, 3.8) is 0 Å². The molecular formula is C16H21N3S8. The molecule has 0 aliphatic heterocycles. The minimum atomic E-state index is 0.329. The van der Waals surface area contributed by atoms with Crippen molar-refractivity contribution in [1.29, 1.82) is 0 Å². The zero-order valence-electron chi connectivity index (χ0n) is 15.0. The Morgan fingerprint density at radius 1 is 0.852 bits per heavy atom. The first kappa shape index (κ1) is 25.4. The van der Waals surface area contributed by atoms with Gasteiger partial charge in [0.25, 0.3) is 0 Å². The second-order valence-electron chi connectivity index (χ2n) is 5.75. The second-order valence-corrected chi connectivity index (χ2v) is 10.2. The van der Waals surface area contributed by atoms with Gasteiger partial charge in [-0.15, -0.1) is 50.5 Å². The van der Waals surface area contributed by atoms with E-state index in [4.69, 9.17) is 48.9 Å². The maximum atomic E-state index is 5.35. The topological polar surface area (TPSA) is 9.72 Å². The van der Waals surface area contributed by atoms with E-state index in [-0.39, 0.29) is 0 Å². The molecule has 1 aromatic carbocycles. The number of hydrogen-bond acceptors (Lipinski definition) is 4. The zero-order chi connectivity index (χ0) is 20.9. The first-order valence-corrected chi connectivity index (χ1v) is 11.2. The van der Waals surface area contributed by atoms with Crippen LogP contribution in [0.2, 0.25) is 0 Å². The zero-order valence-corrected chi connectivity index (χ0v) is 21.9. The van der Waals surface area contributed by atoms with Crippen LogP contribution in [0.5, 0.6) is 0 Å². The third kappa shape index (κ3) is 7.29. The normalized spacial score (nSPS) is 10.3. The molecule has 0 unspecified atom stereocenters. The number of thiocarbonyl (C=S) groups is 4. The Bertz CT molecular complexity index is 750. The van der Waals surface area contributed by atoms with E-state index in [9.17, 15) is 0 Å². The van der Waals surface area contributed by atoms with Gasteiger partial charge in [-0.2, -0.15) is 0 Å². The number of benzene rings is 1. The van der Waals surface area contributed by atoms with E-state index in [2.05, 4.69) is 62.6 Å². The van der Waals surface area contributed by atoms with Gasteiger partial charge in [0.05, 0.1) is 12.4 Å². The summed E-state index contributed by atoms with van der Waals surface area (Å²) in [5, 5.41) is 0. The lowest BCUT2D eigenvalue weighted by Crippen LogP contribution is -2.40. The van der Waals surface area contributed by atoms with Gasteiger partial charge in [-0.25, -0.2) is 0 Å². The molecule has 0 aromatic heterocycles. The van der Waals surface area contributed by atoms with Crippen LogP contribution in [-0.2, 0) is 6.54 Å². The Morgan fingerprint density at radius 2 is 1.37 bits per heavy atom. The number of anilines is 1. The van der Waals surface area contributed by atoms with Crippen molar-refractivity contribution in [2.24, 2.45) is 0 Å². The van der Waals surface area contributed by atoms with Gasteiger partial charge in [0.2, 0.25) is 0 Å². The van der Waals surface area contributed by atoms with Gasteiger partial charge >= 0.3 is 0 Å². The highest BCUT2D eigenvalue weighted by Crippen LogP contribution is 2.31. The maximum Gasteiger partial charge on any atom is 0.143 e. The molecule has 0 heterocycles. The number of thiol groups is 4. The highest BCUT2D eigenvalue weighted by molar-refractivity contribution is 8.14. The lowest BCUT2D eigenvalue weighted by Gasteiger charge is -2.33. The smallest absolute Gasteiger partial charge is 0.143 e. The van der Waals surface area contributed by atoms with E-state index in [0.717, 1.165) is 22.4 Å². The van der Waals surface area contributed by atoms with Crippen LogP contribution in [0.15, 0.2) is 12.1 Å². The number of rotatable bonds is 6. The molecular weight excluding hydrogens is 491 g/mol. The largest absolute Gasteiger partial charge is 0.340 e. The molecule has 0 fully saturated rings. The van der Waals surface area contributed by atoms with Gasteiger partial charge in [-0.05, 0) is 31.9 Å². The van der Waals surface area contributed by atoms with E-state index in [1.165, 1.54) is 0 Å². The summed E-state index contributed by atoms with van der Waals surface area (Å²) in [6, 6.07) is 4.14. The Balaban J connectivity index is 3.42. The number of aryl methyl sites for hydroxylation is 2. The predicted molar refractivity (Wildman–Crippen MR) is 148 cm³/mol. The van der Waals surface area contributed by atoms with Gasteiger partial charge in [-0.1, -0.05) is 66.6 Å². The number of nitrogens with zero attached hydrogens (tertiary/aromatic N) is 3. The van der Waals surface area contributed by atoms with Crippen molar-refractivity contribution in [3.05, 3.63) is 28.8 Å². The standard InChI is InChI=1S/C16H21N3S8/c1-4-17(13(20)21)8-18(14(22)23)7-11-6-9(2)5-10(3)12(11)19(15(24)25)16(26)27/h5-6H,4,7-8H2,1-3H3,(H,20,21)(H,22,23)(H,24,25)(H,26,27). The highest BCUT2D eigenvalue weighted by atomic mass is 32.1. The molecule has 1 aromatic rings. The van der Waals surface area contributed by atoms with Gasteiger partial charge in [0.1, 0.15) is 17.3 Å². The van der Waals surface area contributed by atoms with Crippen LogP contribution >= 0.6 is 99.4 Å². The van der Waals surface area contributed by atoms with Gasteiger partial charge in [0, 0.05) is 13.1 Å². The summed E-state index contributed by atoms with van der Waals surface area (Å²) in [5.74, 6) is 0. The second kappa shape index (κ2) is 11.5. The fourth-order valence-corrected chi connectivity index (χ4v) is 4.33. The van der Waals surface area contributed by atoms with Crippen molar-refractivity contribution in [2.75, 3.05) is 18.1 Å². The van der Waals surface area contributed by atoms with Crippen LogP contribution in [0.25, 0.3) is 0 Å². The van der Waals surface area contributed by atoms with E-state index < -0.39 is 0 Å². The molecule has 0 radical (unpaired) electrons. The van der Waals surface area contributed by atoms with Gasteiger partial charge in [0.15, 0.2) is 0 Å². The van der Waals surface area contributed by atoms with Crippen LogP contribution in [0.3, 0.4) is 0 Å². The summed E-state index contributed by atoms with van der Waals surface area (Å²) >= 11 is 38.4. The predicted octanol–water partition coefficient (Wildman–Crippen LogP) is 5.05. The molecule has 0 spiro atoms. The lowest BCUT2D eigenvalue weighted by molar-refractivity contribution is 0.287. The van der Waals surface area contributed by atoms with E-state index in [1.807, 2.05) is 30.6 Å². The van der Waals surface area contributed by atoms with Crippen LogP contribution in [0, 0.1) is 13.8 Å². The third-order valence-corrected chi connectivity index (χ3v) is 5.60. The summed E-state index contributed by atoms with van der Waals surface area (Å²) in [6.07, 6.45) is 0. The molecule has 148 valence electrons. The average Bonchev–Trinajstić information content (AvgIpc) is 2.52. The monoisotopic (exact) mass is 511 g/mol. The SMILES string of the molecule is CCN(CN(Cc1cc(C)cc(C)c1N(C(=S)S)C(=S)S)C(=S)S)C(=S)S. The lowest BCUT2D eigenvalue weighted by atomic mass is 10.0. The molecule has 27 heavy (non-hydrogen) atoms. The first-order valence-electron chi connectivity index (χ1n) is 7.81. The maximum absolute atomic E-state index is 5.35. The molecule has 0 aliphatic rings. The number of hydrogen-bond donors (Lipinski definition) is 4. The minimum Gasteiger partial charge on any atom is -0.340 e. The van der Waals surface area contributed by atoms with Crippen LogP contribution in [0.1, 0.15) is 23.6 Å². The quantitative estimate of drug-likeness (QED) is 0.239. The average molecular weight is 512 g/mol. The highest BCUT2D eigenvalue weighted by Gasteiger charge is 2.22. The van der Waals surface area contributed by atoms with Crippen LogP contribution in [0.4, 0.5) is 5.69 Å². The molecule has 0 N–H and O–H groups in total.